The zero-order valence-electron chi connectivity index (χ0n) is 8.62. The lowest BCUT2D eigenvalue weighted by atomic mass is 9.62. The van der Waals surface area contributed by atoms with E-state index in [4.69, 9.17) is 10.2 Å². The highest BCUT2D eigenvalue weighted by Crippen LogP contribution is 2.59. The van der Waals surface area contributed by atoms with Gasteiger partial charge in [-0.15, -0.1) is 0 Å². The number of hydrogen-bond acceptors (Lipinski definition) is 3. The Morgan fingerprint density at radius 1 is 1.29 bits per heavy atom. The number of carboxylic acid groups (broad SMARTS) is 1. The molecule has 0 atom stereocenters. The highest BCUT2D eigenvalue weighted by Gasteiger charge is 2.72. The van der Waals surface area contributed by atoms with Crippen LogP contribution in [0.4, 0.5) is 13.2 Å². The molecule has 8 heteroatoms. The first-order chi connectivity index (χ1) is 7.67. The molecule has 1 amide bonds. The van der Waals surface area contributed by atoms with Gasteiger partial charge in [-0.05, 0) is 12.8 Å². The van der Waals surface area contributed by atoms with E-state index in [2.05, 4.69) is 0 Å². The second kappa shape index (κ2) is 3.12. The molecule has 0 aromatic carbocycles. The molecule has 2 heterocycles. The van der Waals surface area contributed by atoms with E-state index in [9.17, 15) is 22.8 Å². The third kappa shape index (κ3) is 1.43. The topological polar surface area (TPSA) is 77.8 Å². The van der Waals surface area contributed by atoms with E-state index in [0.29, 0.717) is 4.90 Å². The van der Waals surface area contributed by atoms with Crippen LogP contribution < -0.4 is 0 Å². The maximum Gasteiger partial charge on any atom is 0.471 e. The summed E-state index contributed by atoms with van der Waals surface area (Å²) in [6.45, 7) is -0.766. The summed E-state index contributed by atoms with van der Waals surface area (Å²) < 4.78 is 36.9. The van der Waals surface area contributed by atoms with Crippen molar-refractivity contribution in [1.82, 2.24) is 4.90 Å². The summed E-state index contributed by atoms with van der Waals surface area (Å²) in [5.74, 6) is -3.59. The number of amides is 1. The minimum Gasteiger partial charge on any atom is -0.479 e. The highest BCUT2D eigenvalue weighted by atomic mass is 19.4. The van der Waals surface area contributed by atoms with Gasteiger partial charge in [-0.25, -0.2) is 4.79 Å². The lowest BCUT2D eigenvalue weighted by Gasteiger charge is -2.43. The van der Waals surface area contributed by atoms with Crippen molar-refractivity contribution >= 4 is 11.9 Å². The Balaban J connectivity index is 2.30. The van der Waals surface area contributed by atoms with Gasteiger partial charge < -0.3 is 15.1 Å². The van der Waals surface area contributed by atoms with Crippen LogP contribution in [-0.2, 0) is 9.59 Å². The fraction of sp³-hybridized carbons (Fsp3) is 0.778. The SMILES string of the molecule is O=C(N1CC2(CO)CC1(C(=O)O)C2)C(F)(F)F. The third-order valence-electron chi connectivity index (χ3n) is 3.57. The van der Waals surface area contributed by atoms with E-state index in [-0.39, 0.29) is 19.4 Å². The average molecular weight is 253 g/mol. The van der Waals surface area contributed by atoms with Crippen LogP contribution in [0, 0.1) is 5.41 Å². The monoisotopic (exact) mass is 253 g/mol. The number of aliphatic carboxylic acids is 1. The lowest BCUT2D eigenvalue weighted by molar-refractivity contribution is -0.192. The van der Waals surface area contributed by atoms with Crippen molar-refractivity contribution in [2.75, 3.05) is 13.2 Å². The number of rotatable bonds is 2. The molecule has 96 valence electrons. The molecule has 5 nitrogen and oxygen atoms in total. The van der Waals surface area contributed by atoms with Crippen LogP contribution in [0.25, 0.3) is 0 Å². The van der Waals surface area contributed by atoms with Crippen molar-refractivity contribution in [3.63, 3.8) is 0 Å². The minimum absolute atomic E-state index is 0.117. The first kappa shape index (κ1) is 12.2. The molecule has 1 aliphatic carbocycles. The summed E-state index contributed by atoms with van der Waals surface area (Å²) in [5, 5.41) is 18.0. The molecule has 17 heavy (non-hydrogen) atoms. The molecule has 2 saturated heterocycles. The zero-order valence-corrected chi connectivity index (χ0v) is 8.62. The summed E-state index contributed by atoms with van der Waals surface area (Å²) >= 11 is 0. The van der Waals surface area contributed by atoms with Crippen molar-refractivity contribution in [3.8, 4) is 0 Å². The number of fused-ring (bicyclic) bond motifs is 1. The standard InChI is InChI=1S/C9H10F3NO4/c10-9(11,12)5(15)13-3-7(4-14)1-8(13,2-7)6(16)17/h14H,1-4H2,(H,16,17). The molecule has 2 N–H and O–H groups in total. The first-order valence-electron chi connectivity index (χ1n) is 4.90. The summed E-state index contributed by atoms with van der Waals surface area (Å²) in [7, 11) is 0. The van der Waals surface area contributed by atoms with E-state index in [1.54, 1.807) is 0 Å². The van der Waals surface area contributed by atoms with Crippen molar-refractivity contribution in [1.29, 1.82) is 0 Å². The average Bonchev–Trinajstić information content (AvgIpc) is 2.65. The Bertz CT molecular complexity index is 386. The van der Waals surface area contributed by atoms with Crippen LogP contribution in [0.2, 0.25) is 0 Å². The van der Waals surface area contributed by atoms with E-state index < -0.39 is 35.6 Å². The number of hydrogen-bond donors (Lipinski definition) is 2. The van der Waals surface area contributed by atoms with Crippen LogP contribution >= 0.6 is 0 Å². The van der Waals surface area contributed by atoms with Crippen molar-refractivity contribution in [2.24, 2.45) is 5.41 Å². The minimum atomic E-state index is -5.09. The van der Waals surface area contributed by atoms with Crippen LogP contribution in [0.1, 0.15) is 12.8 Å². The highest BCUT2D eigenvalue weighted by molar-refractivity contribution is 5.92. The number of carbonyl (C=O) groups excluding carboxylic acids is 1. The van der Waals surface area contributed by atoms with Crippen molar-refractivity contribution < 1.29 is 33.0 Å². The van der Waals surface area contributed by atoms with E-state index >= 15 is 0 Å². The van der Waals surface area contributed by atoms with E-state index in [1.807, 2.05) is 0 Å². The van der Waals surface area contributed by atoms with Crippen molar-refractivity contribution in [2.45, 2.75) is 24.6 Å². The van der Waals surface area contributed by atoms with Gasteiger partial charge in [0.2, 0.25) is 0 Å². The molecule has 2 bridgehead atoms. The number of carboxylic acids is 1. The van der Waals surface area contributed by atoms with Gasteiger partial charge in [-0.1, -0.05) is 0 Å². The Hall–Kier alpha value is -1.31. The normalized spacial score (nSPS) is 35.6. The molecule has 0 radical (unpaired) electrons. The second-order valence-electron chi connectivity index (χ2n) is 4.74. The van der Waals surface area contributed by atoms with Crippen LogP contribution in [0.15, 0.2) is 0 Å². The number of carbonyl (C=O) groups is 2. The molecule has 0 aromatic heterocycles. The second-order valence-corrected chi connectivity index (χ2v) is 4.74. The van der Waals surface area contributed by atoms with Gasteiger partial charge >= 0.3 is 18.1 Å². The summed E-state index contributed by atoms with van der Waals surface area (Å²) in [4.78, 5) is 22.5. The molecule has 0 unspecified atom stereocenters. The van der Waals surface area contributed by atoms with Crippen LogP contribution in [-0.4, -0.2) is 51.9 Å². The fourth-order valence-corrected chi connectivity index (χ4v) is 2.83. The Kier molecular flexibility index (Phi) is 2.23. The van der Waals surface area contributed by atoms with Gasteiger partial charge in [0.1, 0.15) is 5.54 Å². The van der Waals surface area contributed by atoms with Gasteiger partial charge in [0, 0.05) is 12.0 Å². The molecular formula is C9H10F3NO4. The Labute approximate surface area is 93.8 Å². The Morgan fingerprint density at radius 2 is 1.82 bits per heavy atom. The summed E-state index contributed by atoms with van der Waals surface area (Å²) in [6.07, 6.45) is -5.32. The van der Waals surface area contributed by atoms with Gasteiger partial charge in [0.15, 0.2) is 0 Å². The smallest absolute Gasteiger partial charge is 0.471 e. The summed E-state index contributed by atoms with van der Waals surface area (Å²) in [6, 6.07) is 0. The van der Waals surface area contributed by atoms with Gasteiger partial charge in [-0.3, -0.25) is 4.79 Å². The van der Waals surface area contributed by atoms with E-state index in [0.717, 1.165) is 0 Å². The van der Waals surface area contributed by atoms with Gasteiger partial charge in [0.25, 0.3) is 0 Å². The number of alkyl halides is 3. The molecule has 3 rings (SSSR count). The predicted octanol–water partition coefficient (Wildman–Crippen LogP) is -0.0132. The van der Waals surface area contributed by atoms with Gasteiger partial charge in [0.05, 0.1) is 6.61 Å². The van der Waals surface area contributed by atoms with Crippen molar-refractivity contribution in [3.05, 3.63) is 0 Å². The molecular weight excluding hydrogens is 243 g/mol. The molecule has 1 saturated carbocycles. The molecule has 3 fully saturated rings. The number of aliphatic hydroxyl groups excluding tert-OH is 1. The molecule has 0 spiro atoms. The van der Waals surface area contributed by atoms with Crippen LogP contribution in [0.5, 0.6) is 0 Å². The number of halogens is 3. The first-order valence-corrected chi connectivity index (χ1v) is 4.90. The quantitative estimate of drug-likeness (QED) is 0.725. The predicted molar refractivity (Wildman–Crippen MR) is 46.9 cm³/mol. The maximum absolute atomic E-state index is 12.3. The fourth-order valence-electron chi connectivity index (χ4n) is 2.83. The maximum atomic E-state index is 12.3. The lowest BCUT2D eigenvalue weighted by Crippen LogP contribution is -2.59. The molecule has 2 aliphatic heterocycles. The largest absolute Gasteiger partial charge is 0.479 e. The molecule has 3 aliphatic rings. The number of nitrogens with zero attached hydrogens (tertiary/aromatic N) is 1. The summed E-state index contributed by atoms with van der Waals surface area (Å²) in [5.41, 5.74) is -2.66. The van der Waals surface area contributed by atoms with E-state index in [1.165, 1.54) is 0 Å². The third-order valence-corrected chi connectivity index (χ3v) is 3.57. The molecule has 0 aromatic rings. The Morgan fingerprint density at radius 3 is 2.18 bits per heavy atom. The zero-order chi connectivity index (χ0) is 13.1. The number of aliphatic hydroxyl groups is 1. The van der Waals surface area contributed by atoms with Gasteiger partial charge in [-0.2, -0.15) is 13.2 Å². The van der Waals surface area contributed by atoms with Crippen LogP contribution in [0.3, 0.4) is 0 Å².